The third kappa shape index (κ3) is 2.91. The average molecular weight is 276 g/mol. The van der Waals surface area contributed by atoms with Gasteiger partial charge in [0.2, 0.25) is 0 Å². The third-order valence-electron chi connectivity index (χ3n) is 4.26. The van der Waals surface area contributed by atoms with Crippen molar-refractivity contribution in [2.24, 2.45) is 5.73 Å². The number of hydrogen-bond donors (Lipinski definition) is 1. The van der Waals surface area contributed by atoms with Crippen molar-refractivity contribution in [3.63, 3.8) is 0 Å². The fraction of sp³-hybridized carbons (Fsp3) is 0.625. The normalized spacial score (nSPS) is 24.4. The summed E-state index contributed by atoms with van der Waals surface area (Å²) in [6.45, 7) is 5.49. The Bertz CT molecular complexity index is 462. The number of nitrogens with zero attached hydrogens (tertiary/aromatic N) is 1. The number of ether oxygens (including phenoxy) is 2. The van der Waals surface area contributed by atoms with Gasteiger partial charge in [0.15, 0.2) is 11.5 Å². The fourth-order valence-electron chi connectivity index (χ4n) is 3.23. The topological polar surface area (TPSA) is 47.7 Å². The van der Waals surface area contributed by atoms with Crippen LogP contribution in [-0.4, -0.2) is 36.7 Å². The number of rotatable bonds is 3. The van der Waals surface area contributed by atoms with Gasteiger partial charge in [-0.3, -0.25) is 4.90 Å². The first-order chi connectivity index (χ1) is 9.74. The van der Waals surface area contributed by atoms with E-state index in [0.29, 0.717) is 19.3 Å². The zero-order valence-corrected chi connectivity index (χ0v) is 12.2. The molecular formula is C16H24N2O2. The van der Waals surface area contributed by atoms with Crippen molar-refractivity contribution in [2.45, 2.75) is 44.8 Å². The molecule has 110 valence electrons. The van der Waals surface area contributed by atoms with E-state index in [2.05, 4.69) is 24.0 Å². The molecule has 0 aromatic heterocycles. The van der Waals surface area contributed by atoms with E-state index < -0.39 is 0 Å². The Labute approximate surface area is 120 Å². The first kappa shape index (κ1) is 13.7. The van der Waals surface area contributed by atoms with E-state index in [9.17, 15) is 0 Å². The molecule has 2 N–H and O–H groups in total. The molecule has 0 aliphatic carbocycles. The molecule has 0 saturated carbocycles. The molecule has 1 fully saturated rings. The van der Waals surface area contributed by atoms with Gasteiger partial charge in [0.1, 0.15) is 13.2 Å². The highest BCUT2D eigenvalue weighted by molar-refractivity contribution is 5.43. The van der Waals surface area contributed by atoms with E-state index in [4.69, 9.17) is 15.2 Å². The smallest absolute Gasteiger partial charge is 0.161 e. The molecule has 0 amide bonds. The highest BCUT2D eigenvalue weighted by atomic mass is 16.6. The Balaban J connectivity index is 1.73. The van der Waals surface area contributed by atoms with Gasteiger partial charge in [0.25, 0.3) is 0 Å². The Morgan fingerprint density at radius 1 is 1.25 bits per heavy atom. The van der Waals surface area contributed by atoms with Crippen LogP contribution in [0.5, 0.6) is 11.5 Å². The van der Waals surface area contributed by atoms with Crippen molar-refractivity contribution in [3.8, 4) is 11.5 Å². The average Bonchev–Trinajstić information content (AvgIpc) is 2.47. The predicted molar refractivity (Wildman–Crippen MR) is 79.1 cm³/mol. The molecule has 1 aromatic carbocycles. The quantitative estimate of drug-likeness (QED) is 0.919. The molecule has 0 bridgehead atoms. The van der Waals surface area contributed by atoms with Gasteiger partial charge < -0.3 is 15.2 Å². The zero-order valence-electron chi connectivity index (χ0n) is 12.2. The Morgan fingerprint density at radius 2 is 2.05 bits per heavy atom. The third-order valence-corrected chi connectivity index (χ3v) is 4.26. The SMILES string of the molecule is CC(N)C1CCCCN1Cc1ccc2c(c1)OCCO2. The summed E-state index contributed by atoms with van der Waals surface area (Å²) in [5, 5.41) is 0. The van der Waals surface area contributed by atoms with Crippen molar-refractivity contribution in [2.75, 3.05) is 19.8 Å². The van der Waals surface area contributed by atoms with Crippen molar-refractivity contribution < 1.29 is 9.47 Å². The van der Waals surface area contributed by atoms with E-state index in [1.165, 1.54) is 24.8 Å². The van der Waals surface area contributed by atoms with Crippen LogP contribution < -0.4 is 15.2 Å². The summed E-state index contributed by atoms with van der Waals surface area (Å²) >= 11 is 0. The number of nitrogens with two attached hydrogens (primary N) is 1. The van der Waals surface area contributed by atoms with Gasteiger partial charge in [-0.15, -0.1) is 0 Å². The summed E-state index contributed by atoms with van der Waals surface area (Å²) in [5.41, 5.74) is 7.42. The molecule has 2 unspecified atom stereocenters. The van der Waals surface area contributed by atoms with Crippen LogP contribution in [0, 0.1) is 0 Å². The van der Waals surface area contributed by atoms with Gasteiger partial charge in [-0.2, -0.15) is 0 Å². The maximum Gasteiger partial charge on any atom is 0.161 e. The second-order valence-corrected chi connectivity index (χ2v) is 5.87. The van der Waals surface area contributed by atoms with Gasteiger partial charge in [-0.25, -0.2) is 0 Å². The molecule has 0 spiro atoms. The molecule has 2 heterocycles. The molecule has 1 aromatic rings. The highest BCUT2D eigenvalue weighted by Crippen LogP contribution is 2.32. The Morgan fingerprint density at radius 3 is 2.85 bits per heavy atom. The molecule has 3 rings (SSSR count). The monoisotopic (exact) mass is 276 g/mol. The lowest BCUT2D eigenvalue weighted by molar-refractivity contribution is 0.122. The fourth-order valence-corrected chi connectivity index (χ4v) is 3.23. The minimum atomic E-state index is 0.229. The summed E-state index contributed by atoms with van der Waals surface area (Å²) in [6, 6.07) is 7.00. The lowest BCUT2D eigenvalue weighted by Crippen LogP contribution is -2.48. The highest BCUT2D eigenvalue weighted by Gasteiger charge is 2.25. The summed E-state index contributed by atoms with van der Waals surface area (Å²) < 4.78 is 11.2. The molecule has 20 heavy (non-hydrogen) atoms. The second kappa shape index (κ2) is 6.02. The first-order valence-electron chi connectivity index (χ1n) is 7.62. The number of hydrogen-bond acceptors (Lipinski definition) is 4. The minimum absolute atomic E-state index is 0.229. The maximum atomic E-state index is 6.14. The molecular weight excluding hydrogens is 252 g/mol. The number of piperidine rings is 1. The van der Waals surface area contributed by atoms with E-state index >= 15 is 0 Å². The van der Waals surface area contributed by atoms with E-state index in [1.54, 1.807) is 0 Å². The maximum absolute atomic E-state index is 6.14. The summed E-state index contributed by atoms with van der Waals surface area (Å²) in [5.74, 6) is 1.74. The molecule has 4 heteroatoms. The van der Waals surface area contributed by atoms with Crippen LogP contribution in [0.2, 0.25) is 0 Å². The Kier molecular flexibility index (Phi) is 4.13. The lowest BCUT2D eigenvalue weighted by atomic mass is 9.96. The van der Waals surface area contributed by atoms with Gasteiger partial charge in [0.05, 0.1) is 0 Å². The number of benzene rings is 1. The Hall–Kier alpha value is -1.26. The number of fused-ring (bicyclic) bond motifs is 1. The standard InChI is InChI=1S/C16H24N2O2/c1-12(17)14-4-2-3-7-18(14)11-13-5-6-15-16(10-13)20-9-8-19-15/h5-6,10,12,14H,2-4,7-9,11,17H2,1H3. The van der Waals surface area contributed by atoms with Crippen LogP contribution in [0.4, 0.5) is 0 Å². The summed E-state index contributed by atoms with van der Waals surface area (Å²) in [7, 11) is 0. The van der Waals surface area contributed by atoms with E-state index in [-0.39, 0.29) is 6.04 Å². The van der Waals surface area contributed by atoms with Crippen LogP contribution in [0.25, 0.3) is 0 Å². The predicted octanol–water partition coefficient (Wildman–Crippen LogP) is 2.16. The van der Waals surface area contributed by atoms with Crippen LogP contribution in [0.1, 0.15) is 31.7 Å². The van der Waals surface area contributed by atoms with E-state index in [1.807, 2.05) is 6.07 Å². The summed E-state index contributed by atoms with van der Waals surface area (Å²) in [6.07, 6.45) is 3.78. The second-order valence-electron chi connectivity index (χ2n) is 5.87. The van der Waals surface area contributed by atoms with Gasteiger partial charge in [0, 0.05) is 18.6 Å². The van der Waals surface area contributed by atoms with E-state index in [0.717, 1.165) is 24.6 Å². The molecule has 0 radical (unpaired) electrons. The van der Waals surface area contributed by atoms with Crippen LogP contribution >= 0.6 is 0 Å². The van der Waals surface area contributed by atoms with Crippen molar-refractivity contribution in [1.82, 2.24) is 4.90 Å². The molecule has 2 aliphatic rings. The van der Waals surface area contributed by atoms with Crippen molar-refractivity contribution in [3.05, 3.63) is 23.8 Å². The largest absolute Gasteiger partial charge is 0.486 e. The van der Waals surface area contributed by atoms with Gasteiger partial charge >= 0.3 is 0 Å². The zero-order chi connectivity index (χ0) is 13.9. The van der Waals surface area contributed by atoms with Gasteiger partial charge in [-0.1, -0.05) is 12.5 Å². The molecule has 1 saturated heterocycles. The van der Waals surface area contributed by atoms with Gasteiger partial charge in [-0.05, 0) is 44.0 Å². The van der Waals surface area contributed by atoms with Crippen LogP contribution in [0.15, 0.2) is 18.2 Å². The molecule has 4 nitrogen and oxygen atoms in total. The molecule has 2 atom stereocenters. The minimum Gasteiger partial charge on any atom is -0.486 e. The van der Waals surface area contributed by atoms with Crippen molar-refractivity contribution >= 4 is 0 Å². The van der Waals surface area contributed by atoms with Crippen molar-refractivity contribution in [1.29, 1.82) is 0 Å². The lowest BCUT2D eigenvalue weighted by Gasteiger charge is -2.38. The van der Waals surface area contributed by atoms with Crippen LogP contribution in [0.3, 0.4) is 0 Å². The van der Waals surface area contributed by atoms with Crippen LogP contribution in [-0.2, 0) is 6.54 Å². The number of likely N-dealkylation sites (tertiary alicyclic amines) is 1. The molecule has 2 aliphatic heterocycles. The summed E-state index contributed by atoms with van der Waals surface area (Å²) in [4.78, 5) is 2.51. The first-order valence-corrected chi connectivity index (χ1v) is 7.62.